The Labute approximate surface area is 184 Å². The minimum Gasteiger partial charge on any atom is -0.366 e. The summed E-state index contributed by atoms with van der Waals surface area (Å²) in [5.74, 6) is -0.295. The lowest BCUT2D eigenvalue weighted by Crippen LogP contribution is -2.39. The van der Waals surface area contributed by atoms with Gasteiger partial charge in [-0.05, 0) is 54.7 Å². The third-order valence-electron chi connectivity index (χ3n) is 5.27. The molecule has 2 aromatic carbocycles. The average Bonchev–Trinajstić information content (AvgIpc) is 2.92. The lowest BCUT2D eigenvalue weighted by molar-refractivity contribution is -0.120. The summed E-state index contributed by atoms with van der Waals surface area (Å²) in [7, 11) is 0. The molecule has 1 saturated heterocycles. The van der Waals surface area contributed by atoms with Crippen LogP contribution < -0.4 is 4.90 Å². The molecule has 4 nitrogen and oxygen atoms in total. The highest BCUT2D eigenvalue weighted by molar-refractivity contribution is 6.46. The lowest BCUT2D eigenvalue weighted by atomic mass is 9.98. The molecule has 0 aromatic heterocycles. The van der Waals surface area contributed by atoms with E-state index in [1.54, 1.807) is 42.5 Å². The van der Waals surface area contributed by atoms with E-state index < -0.39 is 0 Å². The van der Waals surface area contributed by atoms with Crippen LogP contribution in [0.15, 0.2) is 48.2 Å². The summed E-state index contributed by atoms with van der Waals surface area (Å²) in [5.41, 5.74) is 1.84. The number of rotatable bonds is 3. The monoisotopic (exact) mass is 448 g/mol. The zero-order valence-corrected chi connectivity index (χ0v) is 18.1. The first-order chi connectivity index (χ1) is 13.8. The average molecular weight is 450 g/mol. The van der Waals surface area contributed by atoms with Crippen LogP contribution in [-0.2, 0) is 9.59 Å². The number of carbonyl (C=O) groups excluding carboxylic acids is 2. The number of hydrogen-bond acceptors (Lipinski definition) is 3. The Hall–Kier alpha value is -2.01. The number of imide groups is 1. The van der Waals surface area contributed by atoms with Gasteiger partial charge in [0.15, 0.2) is 0 Å². The molecule has 2 heterocycles. The quantitative estimate of drug-likeness (QED) is 0.567. The van der Waals surface area contributed by atoms with Crippen LogP contribution in [0, 0.1) is 5.92 Å². The summed E-state index contributed by atoms with van der Waals surface area (Å²) in [4.78, 5) is 30.1. The first kappa shape index (κ1) is 20.3. The number of carbonyl (C=O) groups is 2. The molecule has 0 bridgehead atoms. The van der Waals surface area contributed by atoms with Gasteiger partial charge < -0.3 is 4.90 Å². The van der Waals surface area contributed by atoms with Gasteiger partial charge in [0.2, 0.25) is 0 Å². The van der Waals surface area contributed by atoms with E-state index in [1.807, 2.05) is 4.90 Å². The van der Waals surface area contributed by atoms with E-state index in [9.17, 15) is 9.59 Å². The third kappa shape index (κ3) is 3.89. The standard InChI is InChI=1S/C22H19Cl3N2O2/c1-13-3-2-8-26(12-13)20-19(14-4-6-15(23)7-5-14)21(28)27(22(20)29)18-10-16(24)9-17(25)11-18/h4-7,9-11,13H,2-3,8,12H2,1H3. The highest BCUT2D eigenvalue weighted by atomic mass is 35.5. The van der Waals surface area contributed by atoms with Gasteiger partial charge in [0.1, 0.15) is 5.70 Å². The summed E-state index contributed by atoms with van der Waals surface area (Å²) >= 11 is 18.3. The number of hydrogen-bond donors (Lipinski definition) is 0. The number of anilines is 1. The van der Waals surface area contributed by atoms with E-state index in [0.717, 1.165) is 30.8 Å². The number of nitrogens with zero attached hydrogens (tertiary/aromatic N) is 2. The van der Waals surface area contributed by atoms with Crippen molar-refractivity contribution in [1.29, 1.82) is 0 Å². The van der Waals surface area contributed by atoms with Gasteiger partial charge >= 0.3 is 0 Å². The summed E-state index contributed by atoms with van der Waals surface area (Å²) in [6.45, 7) is 3.62. The van der Waals surface area contributed by atoms with Gasteiger partial charge in [-0.1, -0.05) is 53.9 Å². The Balaban J connectivity index is 1.84. The zero-order chi connectivity index (χ0) is 20.7. The summed E-state index contributed by atoms with van der Waals surface area (Å²) in [6.07, 6.45) is 2.08. The van der Waals surface area contributed by atoms with Crippen molar-refractivity contribution in [3.63, 3.8) is 0 Å². The molecule has 4 rings (SSSR count). The molecule has 0 radical (unpaired) electrons. The van der Waals surface area contributed by atoms with Crippen LogP contribution in [0.25, 0.3) is 5.57 Å². The molecule has 2 aromatic rings. The maximum atomic E-state index is 13.5. The predicted molar refractivity (Wildman–Crippen MR) is 117 cm³/mol. The minimum absolute atomic E-state index is 0.354. The first-order valence-corrected chi connectivity index (χ1v) is 10.6. The second-order valence-electron chi connectivity index (χ2n) is 7.50. The second-order valence-corrected chi connectivity index (χ2v) is 8.81. The predicted octanol–water partition coefficient (Wildman–Crippen LogP) is 5.66. The van der Waals surface area contributed by atoms with Crippen LogP contribution in [0.5, 0.6) is 0 Å². The van der Waals surface area contributed by atoms with Crippen molar-refractivity contribution < 1.29 is 9.59 Å². The van der Waals surface area contributed by atoms with Gasteiger partial charge in [0.25, 0.3) is 11.8 Å². The number of amides is 2. The Morgan fingerprint density at radius 1 is 0.897 bits per heavy atom. The van der Waals surface area contributed by atoms with Crippen molar-refractivity contribution in [2.45, 2.75) is 19.8 Å². The van der Waals surface area contributed by atoms with Gasteiger partial charge in [-0.15, -0.1) is 0 Å². The summed E-state index contributed by atoms with van der Waals surface area (Å²) in [5, 5.41) is 1.29. The number of likely N-dealkylation sites (tertiary alicyclic amines) is 1. The molecule has 0 N–H and O–H groups in total. The van der Waals surface area contributed by atoms with Crippen molar-refractivity contribution >= 4 is 57.9 Å². The Kier molecular flexibility index (Phi) is 5.60. The molecule has 0 spiro atoms. The molecule has 2 amide bonds. The lowest BCUT2D eigenvalue weighted by Gasteiger charge is -2.33. The molecule has 1 atom stereocenters. The molecule has 2 aliphatic rings. The topological polar surface area (TPSA) is 40.6 Å². The Bertz CT molecular complexity index is 997. The molecule has 29 heavy (non-hydrogen) atoms. The van der Waals surface area contributed by atoms with E-state index in [0.29, 0.717) is 43.5 Å². The first-order valence-electron chi connectivity index (χ1n) is 9.45. The van der Waals surface area contributed by atoms with E-state index >= 15 is 0 Å². The maximum Gasteiger partial charge on any atom is 0.282 e. The molecule has 1 fully saturated rings. The van der Waals surface area contributed by atoms with Gasteiger partial charge in [-0.3, -0.25) is 9.59 Å². The number of halogens is 3. The van der Waals surface area contributed by atoms with Gasteiger partial charge in [0.05, 0.1) is 11.3 Å². The van der Waals surface area contributed by atoms with Crippen LogP contribution in [0.1, 0.15) is 25.3 Å². The van der Waals surface area contributed by atoms with Gasteiger partial charge in [0, 0.05) is 28.2 Å². The molecule has 2 aliphatic heterocycles. The van der Waals surface area contributed by atoms with Crippen LogP contribution >= 0.6 is 34.8 Å². The SMILES string of the molecule is CC1CCCN(C2=C(c3ccc(Cl)cc3)C(=O)N(c3cc(Cl)cc(Cl)c3)C2=O)C1. The zero-order valence-electron chi connectivity index (χ0n) is 15.8. The second kappa shape index (κ2) is 8.02. The highest BCUT2D eigenvalue weighted by Gasteiger charge is 2.43. The normalized spacial score (nSPS) is 20.1. The Morgan fingerprint density at radius 2 is 1.55 bits per heavy atom. The molecular formula is C22H19Cl3N2O2. The van der Waals surface area contributed by atoms with Gasteiger partial charge in [-0.25, -0.2) is 4.90 Å². The van der Waals surface area contributed by atoms with Crippen LogP contribution in [0.2, 0.25) is 15.1 Å². The fourth-order valence-corrected chi connectivity index (χ4v) is 4.62. The van der Waals surface area contributed by atoms with Crippen LogP contribution in [0.4, 0.5) is 5.69 Å². The Morgan fingerprint density at radius 3 is 2.17 bits per heavy atom. The molecule has 150 valence electrons. The fraction of sp³-hybridized carbons (Fsp3) is 0.273. The molecule has 7 heteroatoms. The van der Waals surface area contributed by atoms with Crippen molar-refractivity contribution in [2.24, 2.45) is 5.92 Å². The van der Waals surface area contributed by atoms with Crippen LogP contribution in [-0.4, -0.2) is 29.8 Å². The smallest absolute Gasteiger partial charge is 0.282 e. The molecule has 1 unspecified atom stereocenters. The van der Waals surface area contributed by atoms with Crippen molar-refractivity contribution in [3.05, 3.63) is 68.8 Å². The third-order valence-corrected chi connectivity index (χ3v) is 5.96. The largest absolute Gasteiger partial charge is 0.366 e. The van der Waals surface area contributed by atoms with Crippen molar-refractivity contribution in [1.82, 2.24) is 4.90 Å². The minimum atomic E-state index is -0.385. The molecule has 0 saturated carbocycles. The summed E-state index contributed by atoms with van der Waals surface area (Å²) in [6, 6.07) is 11.7. The summed E-state index contributed by atoms with van der Waals surface area (Å²) < 4.78 is 0. The van der Waals surface area contributed by atoms with E-state index in [2.05, 4.69) is 6.92 Å². The highest BCUT2D eigenvalue weighted by Crippen LogP contribution is 2.38. The maximum absolute atomic E-state index is 13.5. The number of piperidine rings is 1. The molecule has 0 aliphatic carbocycles. The molecular weight excluding hydrogens is 431 g/mol. The van der Waals surface area contributed by atoms with Crippen LogP contribution in [0.3, 0.4) is 0 Å². The van der Waals surface area contributed by atoms with Crippen molar-refractivity contribution in [3.8, 4) is 0 Å². The number of benzene rings is 2. The fourth-order valence-electron chi connectivity index (χ4n) is 3.98. The van der Waals surface area contributed by atoms with E-state index in [-0.39, 0.29) is 11.8 Å². The van der Waals surface area contributed by atoms with Crippen molar-refractivity contribution in [2.75, 3.05) is 18.0 Å². The van der Waals surface area contributed by atoms with E-state index in [4.69, 9.17) is 34.8 Å². The van der Waals surface area contributed by atoms with Gasteiger partial charge in [-0.2, -0.15) is 0 Å². The van der Waals surface area contributed by atoms with E-state index in [1.165, 1.54) is 0 Å².